The van der Waals surface area contributed by atoms with E-state index in [0.29, 0.717) is 24.0 Å². The Hall–Kier alpha value is -6.77. The molecule has 9 N–H and O–H groups in total. The van der Waals surface area contributed by atoms with Crippen molar-refractivity contribution in [2.75, 3.05) is 7.05 Å². The van der Waals surface area contributed by atoms with Gasteiger partial charge in [0.15, 0.2) is 0 Å². The minimum atomic E-state index is -1.85. The number of hydrogen-bond acceptors (Lipinski definition) is 13. The molecule has 2 aliphatic heterocycles. The van der Waals surface area contributed by atoms with E-state index < -0.39 is 127 Å². The van der Waals surface area contributed by atoms with Crippen LogP contribution in [-0.2, 0) is 60.7 Å². The minimum absolute atomic E-state index is 0.0192. The number of carbonyl (C=O) groups excluding carboxylic acids is 8. The standard InChI is InChI=1S/C50H71N7O14/c1-8-9-10-11-39(60)51-34(21-23-41(62)63)44(64)55-43-29(6)71-50(70)42(28(4)5)54-46(66)37(26-31-14-18-33(59)19-15-31)56(7)49(69)38(24-27(2)3)57-40(61)22-20-35(48(57)68)52-45(65)36(53-47(43)67)25-30-12-16-32(58)17-13-30/h12-19,27-29,34-38,40,42-43,58-59,61H,8-11,20-26H2,1-7H3,(H,51,60)(H,52,65)(H,53,67)(H,54,66)(H,55,64)(H,62,63). The van der Waals surface area contributed by atoms with Gasteiger partial charge in [-0.15, -0.1) is 0 Å². The number of nitrogens with zero attached hydrogens (tertiary/aromatic N) is 2. The summed E-state index contributed by atoms with van der Waals surface area (Å²) in [6, 6.07) is 1.16. The van der Waals surface area contributed by atoms with E-state index in [2.05, 4.69) is 26.6 Å². The van der Waals surface area contributed by atoms with Crippen molar-refractivity contribution in [3.05, 3.63) is 59.7 Å². The number of phenols is 2. The predicted octanol–water partition coefficient (Wildman–Crippen LogP) is 1.54. The molecule has 2 aliphatic rings. The van der Waals surface area contributed by atoms with Crippen LogP contribution in [0, 0.1) is 11.8 Å². The highest BCUT2D eigenvalue weighted by Crippen LogP contribution is 2.27. The van der Waals surface area contributed by atoms with Crippen LogP contribution in [0.3, 0.4) is 0 Å². The number of carbonyl (C=O) groups is 9. The van der Waals surface area contributed by atoms with Gasteiger partial charge >= 0.3 is 11.9 Å². The quantitative estimate of drug-likeness (QED) is 0.0803. The Morgan fingerprint density at radius 1 is 0.775 bits per heavy atom. The van der Waals surface area contributed by atoms with Crippen LogP contribution in [0.15, 0.2) is 48.5 Å². The van der Waals surface area contributed by atoms with Crippen molar-refractivity contribution in [1.82, 2.24) is 36.4 Å². The van der Waals surface area contributed by atoms with Crippen LogP contribution in [0.1, 0.15) is 110 Å². The summed E-state index contributed by atoms with van der Waals surface area (Å²) < 4.78 is 5.87. The van der Waals surface area contributed by atoms with Gasteiger partial charge in [-0.3, -0.25) is 38.4 Å². The Balaban J connectivity index is 1.88. The number of likely N-dealkylation sites (N-methyl/N-ethyl adjacent to an activating group) is 1. The van der Waals surface area contributed by atoms with Gasteiger partial charge in [-0.2, -0.15) is 0 Å². The highest BCUT2D eigenvalue weighted by Gasteiger charge is 2.46. The van der Waals surface area contributed by atoms with E-state index in [1.165, 1.54) is 50.4 Å². The van der Waals surface area contributed by atoms with E-state index in [9.17, 15) is 63.6 Å². The average Bonchev–Trinajstić information content (AvgIpc) is 3.30. The van der Waals surface area contributed by atoms with Crippen LogP contribution < -0.4 is 26.6 Å². The second kappa shape index (κ2) is 26.4. The summed E-state index contributed by atoms with van der Waals surface area (Å²) in [6.07, 6.45) is -2.57. The van der Waals surface area contributed by atoms with Crippen molar-refractivity contribution in [2.24, 2.45) is 11.8 Å². The third-order valence-corrected chi connectivity index (χ3v) is 12.6. The van der Waals surface area contributed by atoms with Gasteiger partial charge in [0.25, 0.3) is 0 Å². The number of esters is 1. The van der Waals surface area contributed by atoms with E-state index in [4.69, 9.17) is 4.74 Å². The van der Waals surface area contributed by atoms with Crippen LogP contribution in [0.25, 0.3) is 0 Å². The van der Waals surface area contributed by atoms with Crippen LogP contribution in [0.4, 0.5) is 0 Å². The lowest BCUT2D eigenvalue weighted by Gasteiger charge is -2.43. The van der Waals surface area contributed by atoms with E-state index in [1.54, 1.807) is 39.8 Å². The molecule has 0 radical (unpaired) electrons. The molecule has 7 amide bonds. The topological polar surface area (TPSA) is 310 Å². The Kier molecular flexibility index (Phi) is 21.2. The van der Waals surface area contributed by atoms with Gasteiger partial charge < -0.3 is 61.5 Å². The van der Waals surface area contributed by atoms with Crippen LogP contribution in [0.2, 0.25) is 0 Å². The molecule has 71 heavy (non-hydrogen) atoms. The number of carboxylic acids is 1. The number of hydrogen-bond donors (Lipinski definition) is 9. The SMILES string of the molecule is CCCCCC(=O)NC(CCC(=O)O)C(=O)NC1C(=O)NC(Cc2ccc(O)cc2)C(=O)NC2CCC(O)N(C2=O)C(CC(C)C)C(=O)N(C)C(Cc2ccc(O)cc2)C(=O)NC(C(C)C)C(=O)OC1C. The zero-order valence-electron chi connectivity index (χ0n) is 41.5. The molecular weight excluding hydrogens is 923 g/mol. The molecule has 2 saturated heterocycles. The molecule has 0 saturated carbocycles. The number of aliphatic carboxylic acids is 1. The van der Waals surface area contributed by atoms with E-state index >= 15 is 0 Å². The maximum atomic E-state index is 14.8. The van der Waals surface area contributed by atoms with Crippen LogP contribution in [-0.4, -0.2) is 145 Å². The molecule has 21 nitrogen and oxygen atoms in total. The summed E-state index contributed by atoms with van der Waals surface area (Å²) in [5.41, 5.74) is 0.928. The molecule has 4 rings (SSSR count). The van der Waals surface area contributed by atoms with Gasteiger partial charge in [0.05, 0.1) is 0 Å². The highest BCUT2D eigenvalue weighted by atomic mass is 16.5. The zero-order valence-corrected chi connectivity index (χ0v) is 41.5. The maximum Gasteiger partial charge on any atom is 0.329 e. The van der Waals surface area contributed by atoms with Crippen molar-refractivity contribution in [2.45, 2.75) is 167 Å². The summed E-state index contributed by atoms with van der Waals surface area (Å²) >= 11 is 0. The molecule has 2 heterocycles. The number of cyclic esters (lactones) is 1. The fourth-order valence-corrected chi connectivity index (χ4v) is 8.50. The Morgan fingerprint density at radius 2 is 1.38 bits per heavy atom. The summed E-state index contributed by atoms with van der Waals surface area (Å²) in [6.45, 7) is 10.0. The molecule has 21 heteroatoms. The lowest BCUT2D eigenvalue weighted by molar-refractivity contribution is -0.166. The molecule has 9 atom stereocenters. The Labute approximate surface area is 413 Å². The number of amides is 7. The number of aliphatic hydroxyl groups is 1. The van der Waals surface area contributed by atoms with E-state index in [0.717, 1.165) is 16.2 Å². The average molecular weight is 994 g/mol. The number of benzene rings is 2. The highest BCUT2D eigenvalue weighted by molar-refractivity contribution is 5.98. The number of fused-ring (bicyclic) bond motifs is 2. The first-order valence-corrected chi connectivity index (χ1v) is 24.3. The van der Waals surface area contributed by atoms with E-state index in [1.807, 2.05) is 6.92 Å². The van der Waals surface area contributed by atoms with Gasteiger partial charge in [-0.25, -0.2) is 4.79 Å². The zero-order chi connectivity index (χ0) is 52.7. The number of piperidine rings is 1. The van der Waals surface area contributed by atoms with Gasteiger partial charge in [0.1, 0.15) is 66.1 Å². The number of unbranched alkanes of at least 4 members (excludes halogenated alkanes) is 2. The molecule has 2 bridgehead atoms. The molecule has 390 valence electrons. The summed E-state index contributed by atoms with van der Waals surface area (Å²) in [7, 11) is 1.35. The number of phenolic OH excluding ortho intramolecular Hbond substituents is 2. The van der Waals surface area contributed by atoms with Crippen LogP contribution in [0.5, 0.6) is 11.5 Å². The summed E-state index contributed by atoms with van der Waals surface area (Å²) in [4.78, 5) is 128. The molecule has 0 aromatic heterocycles. The lowest BCUT2D eigenvalue weighted by Crippen LogP contribution is -2.65. The Bertz CT molecular complexity index is 2200. The van der Waals surface area contributed by atoms with Gasteiger partial charge in [-0.05, 0) is 86.3 Å². The molecule has 2 aromatic rings. The first-order valence-electron chi connectivity index (χ1n) is 24.3. The first kappa shape index (κ1) is 56.8. The number of aliphatic hydroxyl groups excluding tert-OH is 1. The van der Waals surface area contributed by atoms with Crippen molar-refractivity contribution in [1.29, 1.82) is 0 Å². The van der Waals surface area contributed by atoms with Gasteiger partial charge in [0.2, 0.25) is 41.4 Å². The molecule has 2 aromatic carbocycles. The van der Waals surface area contributed by atoms with Crippen molar-refractivity contribution < 1.29 is 68.3 Å². The number of carboxylic acid groups (broad SMARTS) is 1. The minimum Gasteiger partial charge on any atom is -0.508 e. The second-order valence-electron chi connectivity index (χ2n) is 19.1. The third-order valence-electron chi connectivity index (χ3n) is 12.6. The fourth-order valence-electron chi connectivity index (χ4n) is 8.50. The maximum absolute atomic E-state index is 14.8. The Morgan fingerprint density at radius 3 is 1.94 bits per heavy atom. The van der Waals surface area contributed by atoms with E-state index in [-0.39, 0.29) is 55.9 Å². The largest absolute Gasteiger partial charge is 0.508 e. The van der Waals surface area contributed by atoms with Crippen molar-refractivity contribution in [3.8, 4) is 11.5 Å². The van der Waals surface area contributed by atoms with Gasteiger partial charge in [0, 0.05) is 32.7 Å². The van der Waals surface area contributed by atoms with Crippen LogP contribution >= 0.6 is 0 Å². The van der Waals surface area contributed by atoms with Crippen molar-refractivity contribution >= 4 is 53.3 Å². The molecular formula is C50H71N7O14. The normalized spacial score (nSPS) is 24.4. The lowest BCUT2D eigenvalue weighted by atomic mass is 9.94. The number of ether oxygens (including phenoxy) is 1. The monoisotopic (exact) mass is 994 g/mol. The summed E-state index contributed by atoms with van der Waals surface area (Å²) in [5.74, 6) is -9.38. The predicted molar refractivity (Wildman–Crippen MR) is 257 cm³/mol. The number of nitrogens with one attached hydrogen (secondary N) is 5. The third kappa shape index (κ3) is 16.4. The fraction of sp³-hybridized carbons (Fsp3) is 0.580. The van der Waals surface area contributed by atoms with Crippen molar-refractivity contribution in [3.63, 3.8) is 0 Å². The second-order valence-corrected chi connectivity index (χ2v) is 19.1. The first-order chi connectivity index (χ1) is 33.5. The smallest absolute Gasteiger partial charge is 0.329 e. The molecule has 0 aliphatic carbocycles. The van der Waals surface area contributed by atoms with Gasteiger partial charge in [-0.1, -0.05) is 71.7 Å². The summed E-state index contributed by atoms with van der Waals surface area (Å²) in [5, 5.41) is 54.0. The molecule has 0 spiro atoms. The number of aromatic hydroxyl groups is 2. The number of rotatable bonds is 17. The molecule has 9 unspecified atom stereocenters. The molecule has 2 fully saturated rings.